The lowest BCUT2D eigenvalue weighted by molar-refractivity contribution is -0.133. The van der Waals surface area contributed by atoms with Gasteiger partial charge in [0.2, 0.25) is 5.91 Å². The number of carbonyl (C=O) groups excluding carboxylic acids is 2. The van der Waals surface area contributed by atoms with E-state index >= 15 is 0 Å². The van der Waals surface area contributed by atoms with Crippen LogP contribution in [-0.2, 0) is 9.59 Å². The summed E-state index contributed by atoms with van der Waals surface area (Å²) in [7, 11) is 0. The maximum Gasteiger partial charge on any atom is 0.260 e. The van der Waals surface area contributed by atoms with Gasteiger partial charge in [-0.25, -0.2) is 0 Å². The third-order valence-electron chi connectivity index (χ3n) is 3.05. The summed E-state index contributed by atoms with van der Waals surface area (Å²) in [6, 6.07) is 4.86. The van der Waals surface area contributed by atoms with Gasteiger partial charge < -0.3 is 20.7 Å². The zero-order valence-corrected chi connectivity index (χ0v) is 14.9. The number of halogens is 2. The number of benzene rings is 1. The fraction of sp³-hybridized carbons (Fsp3) is 0.467. The van der Waals surface area contributed by atoms with Crippen molar-refractivity contribution >= 4 is 41.5 Å². The molecule has 2 amide bonds. The second kappa shape index (κ2) is 11.1. The SMILES string of the molecule is CCN(CC)C(=O)COc1ccc(NC(=O)CCN)cc1Cl.Cl. The molecule has 0 fully saturated rings. The van der Waals surface area contributed by atoms with E-state index in [2.05, 4.69) is 5.32 Å². The molecule has 23 heavy (non-hydrogen) atoms. The van der Waals surface area contributed by atoms with E-state index in [1.165, 1.54) is 0 Å². The van der Waals surface area contributed by atoms with Gasteiger partial charge in [-0.15, -0.1) is 12.4 Å². The molecule has 1 aromatic carbocycles. The molecule has 0 saturated carbocycles. The fourth-order valence-corrected chi connectivity index (χ4v) is 2.09. The lowest BCUT2D eigenvalue weighted by Crippen LogP contribution is -2.34. The zero-order valence-electron chi connectivity index (χ0n) is 13.3. The smallest absolute Gasteiger partial charge is 0.260 e. The molecule has 8 heteroatoms. The van der Waals surface area contributed by atoms with Crippen LogP contribution >= 0.6 is 24.0 Å². The summed E-state index contributed by atoms with van der Waals surface area (Å²) >= 11 is 6.09. The minimum atomic E-state index is -0.177. The normalized spacial score (nSPS) is 9.74. The monoisotopic (exact) mass is 363 g/mol. The average molecular weight is 364 g/mol. The molecule has 0 unspecified atom stereocenters. The third-order valence-corrected chi connectivity index (χ3v) is 3.35. The van der Waals surface area contributed by atoms with Crippen LogP contribution in [0, 0.1) is 0 Å². The molecule has 1 rings (SSSR count). The van der Waals surface area contributed by atoms with E-state index in [9.17, 15) is 9.59 Å². The highest BCUT2D eigenvalue weighted by Crippen LogP contribution is 2.27. The van der Waals surface area contributed by atoms with Crippen LogP contribution in [0.4, 0.5) is 5.69 Å². The van der Waals surface area contributed by atoms with Crippen LogP contribution in [0.15, 0.2) is 18.2 Å². The highest BCUT2D eigenvalue weighted by Gasteiger charge is 2.12. The van der Waals surface area contributed by atoms with E-state index in [-0.39, 0.29) is 43.8 Å². The molecule has 0 aliphatic carbocycles. The van der Waals surface area contributed by atoms with E-state index in [0.717, 1.165) is 0 Å². The third kappa shape index (κ3) is 7.07. The minimum Gasteiger partial charge on any atom is -0.482 e. The molecular formula is C15H23Cl2N3O3. The molecule has 0 aliphatic heterocycles. The first-order chi connectivity index (χ1) is 10.5. The van der Waals surface area contributed by atoms with E-state index in [4.69, 9.17) is 22.1 Å². The quantitative estimate of drug-likeness (QED) is 0.741. The summed E-state index contributed by atoms with van der Waals surface area (Å²) in [4.78, 5) is 25.0. The molecule has 0 spiro atoms. The van der Waals surface area contributed by atoms with E-state index in [0.29, 0.717) is 29.5 Å². The van der Waals surface area contributed by atoms with E-state index in [1.807, 2.05) is 13.8 Å². The summed E-state index contributed by atoms with van der Waals surface area (Å²) in [6.07, 6.45) is 0.244. The molecule has 0 saturated heterocycles. The Morgan fingerprint density at radius 2 is 1.96 bits per heavy atom. The number of rotatable bonds is 8. The fourth-order valence-electron chi connectivity index (χ4n) is 1.86. The highest BCUT2D eigenvalue weighted by molar-refractivity contribution is 6.32. The van der Waals surface area contributed by atoms with Gasteiger partial charge >= 0.3 is 0 Å². The Kier molecular flexibility index (Phi) is 10.4. The van der Waals surface area contributed by atoms with Crippen LogP contribution in [0.25, 0.3) is 0 Å². The molecule has 130 valence electrons. The largest absolute Gasteiger partial charge is 0.482 e. The predicted molar refractivity (Wildman–Crippen MR) is 94.4 cm³/mol. The molecule has 1 aromatic rings. The van der Waals surface area contributed by atoms with Crippen LogP contribution in [-0.4, -0.2) is 43.0 Å². The number of carbonyl (C=O) groups is 2. The number of likely N-dealkylation sites (N-methyl/N-ethyl adjacent to an activating group) is 1. The Morgan fingerprint density at radius 1 is 1.30 bits per heavy atom. The number of ether oxygens (including phenoxy) is 1. The predicted octanol–water partition coefficient (Wildman–Crippen LogP) is 2.30. The minimum absolute atomic E-state index is 0. The van der Waals surface area contributed by atoms with Crippen molar-refractivity contribution in [2.45, 2.75) is 20.3 Å². The van der Waals surface area contributed by atoms with Gasteiger partial charge in [-0.1, -0.05) is 11.6 Å². The van der Waals surface area contributed by atoms with Crippen LogP contribution in [0.2, 0.25) is 5.02 Å². The number of nitrogens with zero attached hydrogens (tertiary/aromatic N) is 1. The molecule has 0 bridgehead atoms. The Labute approximate surface area is 147 Å². The molecular weight excluding hydrogens is 341 g/mol. The van der Waals surface area contributed by atoms with Crippen molar-refractivity contribution in [3.63, 3.8) is 0 Å². The first-order valence-corrected chi connectivity index (χ1v) is 7.59. The summed E-state index contributed by atoms with van der Waals surface area (Å²) < 4.78 is 5.43. The summed E-state index contributed by atoms with van der Waals surface area (Å²) in [6.45, 7) is 5.31. The van der Waals surface area contributed by atoms with Crippen LogP contribution < -0.4 is 15.8 Å². The van der Waals surface area contributed by atoms with Gasteiger partial charge in [0.05, 0.1) is 5.02 Å². The Morgan fingerprint density at radius 3 is 2.48 bits per heavy atom. The second-order valence-electron chi connectivity index (χ2n) is 4.59. The highest BCUT2D eigenvalue weighted by atomic mass is 35.5. The number of hydrogen-bond acceptors (Lipinski definition) is 4. The van der Waals surface area contributed by atoms with Crippen molar-refractivity contribution in [3.05, 3.63) is 23.2 Å². The number of hydrogen-bond donors (Lipinski definition) is 2. The Balaban J connectivity index is 0.00000484. The standard InChI is InChI=1S/C15H22ClN3O3.ClH/c1-3-19(4-2)15(21)10-22-13-6-5-11(9-12(13)16)18-14(20)7-8-17;/h5-6,9H,3-4,7-8,10,17H2,1-2H3,(H,18,20);1H. The van der Waals surface area contributed by atoms with E-state index in [1.54, 1.807) is 23.1 Å². The van der Waals surface area contributed by atoms with Gasteiger partial charge in [0, 0.05) is 31.7 Å². The van der Waals surface area contributed by atoms with Crippen molar-refractivity contribution < 1.29 is 14.3 Å². The average Bonchev–Trinajstić information content (AvgIpc) is 2.48. The summed E-state index contributed by atoms with van der Waals surface area (Å²) in [5, 5.41) is 3.01. The number of nitrogens with two attached hydrogens (primary N) is 1. The molecule has 0 radical (unpaired) electrons. The maximum atomic E-state index is 11.9. The van der Waals surface area contributed by atoms with Crippen LogP contribution in [0.5, 0.6) is 5.75 Å². The molecule has 0 aliphatic rings. The van der Waals surface area contributed by atoms with Gasteiger partial charge in [-0.2, -0.15) is 0 Å². The molecule has 0 heterocycles. The first-order valence-electron chi connectivity index (χ1n) is 7.21. The van der Waals surface area contributed by atoms with Crippen LogP contribution in [0.3, 0.4) is 0 Å². The number of nitrogens with one attached hydrogen (secondary N) is 1. The van der Waals surface area contributed by atoms with Gasteiger partial charge in [0.15, 0.2) is 6.61 Å². The second-order valence-corrected chi connectivity index (χ2v) is 4.99. The molecule has 0 aromatic heterocycles. The van der Waals surface area contributed by atoms with Gasteiger partial charge in [0.25, 0.3) is 5.91 Å². The first kappa shape index (κ1) is 21.5. The van der Waals surface area contributed by atoms with Crippen LogP contribution in [0.1, 0.15) is 20.3 Å². The van der Waals surface area contributed by atoms with Crippen molar-refractivity contribution in [2.24, 2.45) is 5.73 Å². The van der Waals surface area contributed by atoms with Crippen molar-refractivity contribution in [1.29, 1.82) is 0 Å². The van der Waals surface area contributed by atoms with Crippen molar-refractivity contribution in [3.8, 4) is 5.75 Å². The van der Waals surface area contributed by atoms with Gasteiger partial charge in [0.1, 0.15) is 5.75 Å². The number of anilines is 1. The van der Waals surface area contributed by atoms with Crippen molar-refractivity contribution in [1.82, 2.24) is 4.90 Å². The van der Waals surface area contributed by atoms with Crippen molar-refractivity contribution in [2.75, 3.05) is 31.6 Å². The zero-order chi connectivity index (χ0) is 16.5. The van der Waals surface area contributed by atoms with Gasteiger partial charge in [-0.05, 0) is 32.0 Å². The molecule has 0 atom stereocenters. The molecule has 3 N–H and O–H groups in total. The topological polar surface area (TPSA) is 84.7 Å². The Hall–Kier alpha value is -1.50. The lowest BCUT2D eigenvalue weighted by atomic mass is 10.3. The lowest BCUT2D eigenvalue weighted by Gasteiger charge is -2.19. The summed E-state index contributed by atoms with van der Waals surface area (Å²) in [5.74, 6) is 0.129. The summed E-state index contributed by atoms with van der Waals surface area (Å²) in [5.41, 5.74) is 5.87. The number of amides is 2. The Bertz CT molecular complexity index is 523. The van der Waals surface area contributed by atoms with Gasteiger partial charge in [-0.3, -0.25) is 9.59 Å². The molecule has 6 nitrogen and oxygen atoms in total. The van der Waals surface area contributed by atoms with E-state index < -0.39 is 0 Å². The maximum absolute atomic E-state index is 11.9.